The highest BCUT2D eigenvalue weighted by Crippen LogP contribution is 2.43. The van der Waals surface area contributed by atoms with E-state index in [2.05, 4.69) is 4.98 Å². The van der Waals surface area contributed by atoms with Gasteiger partial charge in [0.05, 0.1) is 11.7 Å². The van der Waals surface area contributed by atoms with E-state index in [0.29, 0.717) is 11.8 Å². The Balaban J connectivity index is 2.30. The molecule has 0 radical (unpaired) electrons. The molecule has 2 aromatic heterocycles. The minimum atomic E-state index is 0.359. The summed E-state index contributed by atoms with van der Waals surface area (Å²) in [6, 6.07) is 4.00. The van der Waals surface area contributed by atoms with Crippen LogP contribution in [0.25, 0.3) is 5.52 Å². The minimum absolute atomic E-state index is 0.359. The Morgan fingerprint density at radius 1 is 1.38 bits per heavy atom. The quantitative estimate of drug-likeness (QED) is 0.717. The molecule has 0 aromatic carbocycles. The lowest BCUT2D eigenvalue weighted by molar-refractivity contribution is 0.438. The molecule has 1 N–H and O–H groups in total. The molecule has 3 rings (SSSR count). The van der Waals surface area contributed by atoms with Crippen LogP contribution in [0.4, 0.5) is 0 Å². The van der Waals surface area contributed by atoms with Gasteiger partial charge in [0.15, 0.2) is 5.88 Å². The van der Waals surface area contributed by atoms with Crippen molar-refractivity contribution in [2.24, 2.45) is 0 Å². The summed E-state index contributed by atoms with van der Waals surface area (Å²) in [7, 11) is 0. The van der Waals surface area contributed by atoms with E-state index < -0.39 is 0 Å². The Kier molecular flexibility index (Phi) is 1.20. The van der Waals surface area contributed by atoms with Crippen LogP contribution in [0.1, 0.15) is 24.3 Å². The van der Waals surface area contributed by atoms with Crippen LogP contribution in [0.3, 0.4) is 0 Å². The monoisotopic (exact) mass is 174 g/mol. The van der Waals surface area contributed by atoms with Gasteiger partial charge in [0.2, 0.25) is 0 Å². The molecule has 3 nitrogen and oxygen atoms in total. The molecule has 1 aliphatic carbocycles. The average molecular weight is 174 g/mol. The number of hydrogen-bond donors (Lipinski definition) is 1. The third-order valence-electron chi connectivity index (χ3n) is 2.60. The van der Waals surface area contributed by atoms with Crippen LogP contribution in [0.2, 0.25) is 0 Å². The van der Waals surface area contributed by atoms with E-state index in [1.807, 2.05) is 12.1 Å². The van der Waals surface area contributed by atoms with Gasteiger partial charge in [0, 0.05) is 5.56 Å². The molecule has 0 saturated heterocycles. The number of pyridine rings is 1. The van der Waals surface area contributed by atoms with Gasteiger partial charge < -0.3 is 5.11 Å². The number of hydrogen-bond acceptors (Lipinski definition) is 2. The van der Waals surface area contributed by atoms with E-state index >= 15 is 0 Å². The SMILES string of the molecule is Oc1c(C2CC2)ccc2cncn12. The summed E-state index contributed by atoms with van der Waals surface area (Å²) in [4.78, 5) is 3.99. The highest BCUT2D eigenvalue weighted by molar-refractivity contribution is 5.51. The Morgan fingerprint density at radius 3 is 3.00 bits per heavy atom. The number of nitrogens with zero attached hydrogens (tertiary/aromatic N) is 2. The van der Waals surface area contributed by atoms with Crippen LogP contribution < -0.4 is 0 Å². The third kappa shape index (κ3) is 0.932. The standard InChI is InChI=1S/C10H10N2O/c13-10-9(7-1-2-7)4-3-8-5-11-6-12(8)10/h3-7,13H,1-2H2. The van der Waals surface area contributed by atoms with Crippen molar-refractivity contribution < 1.29 is 5.11 Å². The molecule has 0 atom stereocenters. The molecular weight excluding hydrogens is 164 g/mol. The fourth-order valence-corrected chi connectivity index (χ4v) is 1.71. The van der Waals surface area contributed by atoms with Gasteiger partial charge in [0.1, 0.15) is 6.33 Å². The van der Waals surface area contributed by atoms with Crippen molar-refractivity contribution in [1.29, 1.82) is 0 Å². The molecule has 13 heavy (non-hydrogen) atoms. The smallest absolute Gasteiger partial charge is 0.200 e. The average Bonchev–Trinajstić information content (AvgIpc) is 2.83. The van der Waals surface area contributed by atoms with Gasteiger partial charge in [-0.15, -0.1) is 0 Å². The zero-order chi connectivity index (χ0) is 8.84. The van der Waals surface area contributed by atoms with Crippen LogP contribution in [-0.2, 0) is 0 Å². The second kappa shape index (κ2) is 2.25. The summed E-state index contributed by atoms with van der Waals surface area (Å²) in [6.07, 6.45) is 5.80. The number of fused-ring (bicyclic) bond motifs is 1. The van der Waals surface area contributed by atoms with Crippen LogP contribution in [0.5, 0.6) is 5.88 Å². The molecular formula is C10H10N2O. The molecule has 3 heteroatoms. The molecule has 2 heterocycles. The molecule has 0 bridgehead atoms. The van der Waals surface area contributed by atoms with Gasteiger partial charge in [-0.25, -0.2) is 4.98 Å². The van der Waals surface area contributed by atoms with E-state index in [9.17, 15) is 5.11 Å². The zero-order valence-corrected chi connectivity index (χ0v) is 7.14. The summed E-state index contributed by atoms with van der Waals surface area (Å²) in [5.41, 5.74) is 2.01. The topological polar surface area (TPSA) is 37.5 Å². The van der Waals surface area contributed by atoms with Gasteiger partial charge in [-0.05, 0) is 24.8 Å². The van der Waals surface area contributed by atoms with E-state index in [1.54, 1.807) is 16.9 Å². The number of rotatable bonds is 1. The Morgan fingerprint density at radius 2 is 2.23 bits per heavy atom. The van der Waals surface area contributed by atoms with Gasteiger partial charge in [-0.3, -0.25) is 4.40 Å². The molecule has 2 aromatic rings. The van der Waals surface area contributed by atoms with Crippen LogP contribution in [-0.4, -0.2) is 14.5 Å². The normalized spacial score (nSPS) is 16.6. The van der Waals surface area contributed by atoms with Crippen LogP contribution >= 0.6 is 0 Å². The van der Waals surface area contributed by atoms with E-state index in [1.165, 1.54) is 12.8 Å². The van der Waals surface area contributed by atoms with E-state index in [0.717, 1.165) is 11.1 Å². The van der Waals surface area contributed by atoms with Crippen molar-refractivity contribution >= 4 is 5.52 Å². The van der Waals surface area contributed by atoms with Gasteiger partial charge in [-0.2, -0.15) is 0 Å². The third-order valence-corrected chi connectivity index (χ3v) is 2.60. The first-order valence-electron chi connectivity index (χ1n) is 4.50. The van der Waals surface area contributed by atoms with Gasteiger partial charge in [-0.1, -0.05) is 6.07 Å². The molecule has 0 spiro atoms. The first kappa shape index (κ1) is 6.95. The summed E-state index contributed by atoms with van der Waals surface area (Å²) in [5, 5.41) is 9.87. The summed E-state index contributed by atoms with van der Waals surface area (Å²) < 4.78 is 1.73. The second-order valence-corrected chi connectivity index (χ2v) is 3.58. The van der Waals surface area contributed by atoms with Crippen LogP contribution in [0.15, 0.2) is 24.7 Å². The predicted octanol–water partition coefficient (Wildman–Crippen LogP) is 1.92. The Labute approximate surface area is 75.7 Å². The Hall–Kier alpha value is -1.51. The van der Waals surface area contributed by atoms with Crippen molar-refractivity contribution in [3.63, 3.8) is 0 Å². The summed E-state index contributed by atoms with van der Waals surface area (Å²) in [5.74, 6) is 0.935. The van der Waals surface area contributed by atoms with Crippen molar-refractivity contribution in [2.75, 3.05) is 0 Å². The first-order chi connectivity index (χ1) is 6.36. The number of aromatic hydroxyl groups is 1. The van der Waals surface area contributed by atoms with Crippen LogP contribution in [0, 0.1) is 0 Å². The zero-order valence-electron chi connectivity index (χ0n) is 7.14. The fourth-order valence-electron chi connectivity index (χ4n) is 1.71. The summed E-state index contributed by atoms with van der Waals surface area (Å²) in [6.45, 7) is 0. The molecule has 66 valence electrons. The number of imidazole rings is 1. The molecule has 0 aliphatic heterocycles. The molecule has 1 aliphatic rings. The minimum Gasteiger partial charge on any atom is -0.494 e. The predicted molar refractivity (Wildman–Crippen MR) is 48.8 cm³/mol. The molecule has 1 saturated carbocycles. The Bertz CT molecular complexity index is 457. The second-order valence-electron chi connectivity index (χ2n) is 3.58. The molecule has 0 amide bonds. The lowest BCUT2D eigenvalue weighted by Gasteiger charge is -2.04. The maximum absolute atomic E-state index is 9.87. The van der Waals surface area contributed by atoms with Gasteiger partial charge in [0.25, 0.3) is 0 Å². The highest BCUT2D eigenvalue weighted by atomic mass is 16.3. The first-order valence-corrected chi connectivity index (χ1v) is 4.50. The van der Waals surface area contributed by atoms with E-state index in [4.69, 9.17) is 0 Å². The van der Waals surface area contributed by atoms with Crippen molar-refractivity contribution in [1.82, 2.24) is 9.38 Å². The maximum atomic E-state index is 9.87. The largest absolute Gasteiger partial charge is 0.494 e. The molecule has 0 unspecified atom stereocenters. The highest BCUT2D eigenvalue weighted by Gasteiger charge is 2.27. The fraction of sp³-hybridized carbons (Fsp3) is 0.300. The maximum Gasteiger partial charge on any atom is 0.200 e. The lowest BCUT2D eigenvalue weighted by atomic mass is 10.2. The van der Waals surface area contributed by atoms with Crippen molar-refractivity contribution in [3.05, 3.63) is 30.2 Å². The molecule has 1 fully saturated rings. The van der Waals surface area contributed by atoms with Crippen molar-refractivity contribution in [2.45, 2.75) is 18.8 Å². The van der Waals surface area contributed by atoms with Crippen molar-refractivity contribution in [3.8, 4) is 5.88 Å². The van der Waals surface area contributed by atoms with Gasteiger partial charge >= 0.3 is 0 Å². The summed E-state index contributed by atoms with van der Waals surface area (Å²) >= 11 is 0. The lowest BCUT2D eigenvalue weighted by Crippen LogP contribution is -1.89. The van der Waals surface area contributed by atoms with E-state index in [-0.39, 0.29) is 0 Å². The number of aromatic nitrogens is 2.